The van der Waals surface area contributed by atoms with Crippen LogP contribution >= 0.6 is 11.3 Å². The minimum absolute atomic E-state index is 0.0581. The van der Waals surface area contributed by atoms with Crippen molar-refractivity contribution in [3.8, 4) is 0 Å². The molecule has 2 N–H and O–H groups in total. The zero-order valence-electron chi connectivity index (χ0n) is 10.1. The topological polar surface area (TPSA) is 49.6 Å². The molecule has 0 aliphatic carbocycles. The SMILES string of the molecule is CN1CCCN(C(=O)C(N)c2cccs2)CC1. The van der Waals surface area contributed by atoms with E-state index in [-0.39, 0.29) is 5.91 Å². The van der Waals surface area contributed by atoms with Crippen LogP contribution in [0.2, 0.25) is 0 Å². The second-order valence-corrected chi connectivity index (χ2v) is 5.45. The largest absolute Gasteiger partial charge is 0.340 e. The fourth-order valence-corrected chi connectivity index (χ4v) is 2.77. The van der Waals surface area contributed by atoms with Gasteiger partial charge in [0.05, 0.1) is 0 Å². The average Bonchev–Trinajstić information content (AvgIpc) is 2.77. The molecule has 1 aromatic heterocycles. The minimum Gasteiger partial charge on any atom is -0.340 e. The zero-order valence-corrected chi connectivity index (χ0v) is 10.9. The smallest absolute Gasteiger partial charge is 0.244 e. The summed E-state index contributed by atoms with van der Waals surface area (Å²) in [5, 5.41) is 1.96. The molecule has 1 atom stereocenters. The fourth-order valence-electron chi connectivity index (χ4n) is 2.05. The molecule has 4 nitrogen and oxygen atoms in total. The Bertz CT molecular complexity index is 366. The summed E-state index contributed by atoms with van der Waals surface area (Å²) in [6, 6.07) is 3.37. The molecule has 1 unspecified atom stereocenters. The third-order valence-electron chi connectivity index (χ3n) is 3.15. The number of thiophene rings is 1. The summed E-state index contributed by atoms with van der Waals surface area (Å²) in [6.07, 6.45) is 1.03. The van der Waals surface area contributed by atoms with E-state index in [0.717, 1.165) is 37.5 Å². The van der Waals surface area contributed by atoms with Gasteiger partial charge in [0.15, 0.2) is 0 Å². The molecule has 2 heterocycles. The van der Waals surface area contributed by atoms with Crippen LogP contribution in [-0.2, 0) is 4.79 Å². The molecule has 94 valence electrons. The standard InChI is InChI=1S/C12H19N3OS/c1-14-5-3-6-15(8-7-14)12(16)11(13)10-4-2-9-17-10/h2,4,9,11H,3,5-8,13H2,1H3. The summed E-state index contributed by atoms with van der Waals surface area (Å²) < 4.78 is 0. The molecule has 0 aromatic carbocycles. The number of amides is 1. The second kappa shape index (κ2) is 5.62. The molecule has 0 radical (unpaired) electrons. The molecule has 5 heteroatoms. The number of rotatable bonds is 2. The Balaban J connectivity index is 1.99. The summed E-state index contributed by atoms with van der Waals surface area (Å²) in [7, 11) is 2.09. The first-order valence-corrected chi connectivity index (χ1v) is 6.83. The first-order chi connectivity index (χ1) is 8.18. The molecular formula is C12H19N3OS. The van der Waals surface area contributed by atoms with Crippen LogP contribution in [-0.4, -0.2) is 48.9 Å². The van der Waals surface area contributed by atoms with E-state index in [0.29, 0.717) is 0 Å². The predicted molar refractivity (Wildman–Crippen MR) is 69.9 cm³/mol. The minimum atomic E-state index is -0.488. The number of hydrogen-bond donors (Lipinski definition) is 1. The van der Waals surface area contributed by atoms with Gasteiger partial charge in [-0.1, -0.05) is 6.07 Å². The van der Waals surface area contributed by atoms with Crippen LogP contribution < -0.4 is 5.73 Å². The molecule has 1 aliphatic heterocycles. The maximum absolute atomic E-state index is 12.2. The van der Waals surface area contributed by atoms with E-state index in [1.54, 1.807) is 11.3 Å². The van der Waals surface area contributed by atoms with E-state index >= 15 is 0 Å². The van der Waals surface area contributed by atoms with Crippen LogP contribution in [0, 0.1) is 0 Å². The van der Waals surface area contributed by atoms with E-state index in [1.165, 1.54) is 0 Å². The van der Waals surface area contributed by atoms with Crippen molar-refractivity contribution in [3.63, 3.8) is 0 Å². The van der Waals surface area contributed by atoms with Gasteiger partial charge in [0.2, 0.25) is 5.91 Å². The van der Waals surface area contributed by atoms with Crippen LogP contribution in [0.25, 0.3) is 0 Å². The van der Waals surface area contributed by atoms with Gasteiger partial charge >= 0.3 is 0 Å². The third-order valence-corrected chi connectivity index (χ3v) is 4.10. The Morgan fingerprint density at radius 2 is 2.24 bits per heavy atom. The monoisotopic (exact) mass is 253 g/mol. The maximum atomic E-state index is 12.2. The van der Waals surface area contributed by atoms with Gasteiger partial charge in [-0.3, -0.25) is 4.79 Å². The van der Waals surface area contributed by atoms with Crippen molar-refractivity contribution in [2.45, 2.75) is 12.5 Å². The van der Waals surface area contributed by atoms with Crippen molar-refractivity contribution in [3.05, 3.63) is 22.4 Å². The Labute approximate surface area is 106 Å². The van der Waals surface area contributed by atoms with Crippen LogP contribution in [0.3, 0.4) is 0 Å². The van der Waals surface area contributed by atoms with Crippen LogP contribution in [0.1, 0.15) is 17.3 Å². The first-order valence-electron chi connectivity index (χ1n) is 5.95. The highest BCUT2D eigenvalue weighted by Gasteiger charge is 2.24. The molecular weight excluding hydrogens is 234 g/mol. The number of likely N-dealkylation sites (N-methyl/N-ethyl adjacent to an activating group) is 1. The highest BCUT2D eigenvalue weighted by molar-refractivity contribution is 7.10. The van der Waals surface area contributed by atoms with Crippen LogP contribution in [0.4, 0.5) is 0 Å². The zero-order chi connectivity index (χ0) is 12.3. The summed E-state index contributed by atoms with van der Waals surface area (Å²) in [5.41, 5.74) is 6.01. The molecule has 1 amide bonds. The first kappa shape index (κ1) is 12.5. The maximum Gasteiger partial charge on any atom is 0.244 e. The Hall–Kier alpha value is -0.910. The molecule has 1 fully saturated rings. The van der Waals surface area contributed by atoms with E-state index in [1.807, 2.05) is 22.4 Å². The number of nitrogens with zero attached hydrogens (tertiary/aromatic N) is 2. The van der Waals surface area contributed by atoms with Gasteiger partial charge in [-0.25, -0.2) is 0 Å². The lowest BCUT2D eigenvalue weighted by Gasteiger charge is -2.23. The predicted octanol–water partition coefficient (Wildman–Crippen LogP) is 0.912. The lowest BCUT2D eigenvalue weighted by atomic mass is 10.2. The van der Waals surface area contributed by atoms with E-state index in [9.17, 15) is 4.79 Å². The van der Waals surface area contributed by atoms with Gasteiger partial charge in [-0.15, -0.1) is 11.3 Å². The highest BCUT2D eigenvalue weighted by Crippen LogP contribution is 2.19. The van der Waals surface area contributed by atoms with Crippen molar-refractivity contribution in [1.82, 2.24) is 9.80 Å². The normalized spacial score (nSPS) is 20.0. The average molecular weight is 253 g/mol. The quantitative estimate of drug-likeness (QED) is 0.852. The number of hydrogen-bond acceptors (Lipinski definition) is 4. The molecule has 2 rings (SSSR count). The van der Waals surface area contributed by atoms with Crippen molar-refractivity contribution in [2.24, 2.45) is 5.73 Å². The number of carbonyl (C=O) groups is 1. The second-order valence-electron chi connectivity index (χ2n) is 4.48. The summed E-state index contributed by atoms with van der Waals surface area (Å²) in [6.45, 7) is 3.59. The number of nitrogens with two attached hydrogens (primary N) is 1. The van der Waals surface area contributed by atoms with Crippen molar-refractivity contribution < 1.29 is 4.79 Å². The van der Waals surface area contributed by atoms with Gasteiger partial charge in [0, 0.05) is 24.5 Å². The molecule has 0 spiro atoms. The van der Waals surface area contributed by atoms with E-state index < -0.39 is 6.04 Å². The number of carbonyl (C=O) groups excluding carboxylic acids is 1. The van der Waals surface area contributed by atoms with Gasteiger partial charge in [0.1, 0.15) is 6.04 Å². The van der Waals surface area contributed by atoms with Gasteiger partial charge in [-0.2, -0.15) is 0 Å². The van der Waals surface area contributed by atoms with E-state index in [2.05, 4.69) is 11.9 Å². The van der Waals surface area contributed by atoms with Crippen LogP contribution in [0.15, 0.2) is 17.5 Å². The molecule has 1 aromatic rings. The molecule has 0 bridgehead atoms. The Morgan fingerprint density at radius 3 is 2.94 bits per heavy atom. The van der Waals surface area contributed by atoms with Crippen molar-refractivity contribution in [1.29, 1.82) is 0 Å². The highest BCUT2D eigenvalue weighted by atomic mass is 32.1. The van der Waals surface area contributed by atoms with Crippen molar-refractivity contribution >= 4 is 17.2 Å². The van der Waals surface area contributed by atoms with E-state index in [4.69, 9.17) is 5.73 Å². The van der Waals surface area contributed by atoms with Gasteiger partial charge in [-0.05, 0) is 31.5 Å². The van der Waals surface area contributed by atoms with Gasteiger partial charge in [0.25, 0.3) is 0 Å². The summed E-state index contributed by atoms with van der Waals surface area (Å²) >= 11 is 1.55. The fraction of sp³-hybridized carbons (Fsp3) is 0.583. The van der Waals surface area contributed by atoms with Crippen LogP contribution in [0.5, 0.6) is 0 Å². The Kier molecular flexibility index (Phi) is 4.15. The summed E-state index contributed by atoms with van der Waals surface area (Å²) in [4.78, 5) is 17.3. The molecule has 0 saturated carbocycles. The Morgan fingerprint density at radius 1 is 1.41 bits per heavy atom. The molecule has 1 saturated heterocycles. The molecule has 17 heavy (non-hydrogen) atoms. The summed E-state index contributed by atoms with van der Waals surface area (Å²) in [5.74, 6) is 0.0581. The third kappa shape index (κ3) is 3.06. The molecule has 1 aliphatic rings. The van der Waals surface area contributed by atoms with Gasteiger partial charge < -0.3 is 15.5 Å². The lowest BCUT2D eigenvalue weighted by molar-refractivity contribution is -0.132. The van der Waals surface area contributed by atoms with Crippen molar-refractivity contribution in [2.75, 3.05) is 33.2 Å². The lowest BCUT2D eigenvalue weighted by Crippen LogP contribution is -2.40.